The van der Waals surface area contributed by atoms with Crippen molar-refractivity contribution in [3.8, 4) is 0 Å². The fourth-order valence-corrected chi connectivity index (χ4v) is 2.14. The van der Waals surface area contributed by atoms with Crippen LogP contribution in [0.1, 0.15) is 24.1 Å². The fourth-order valence-electron chi connectivity index (χ4n) is 2.14. The van der Waals surface area contributed by atoms with Crippen molar-refractivity contribution in [1.29, 1.82) is 0 Å². The van der Waals surface area contributed by atoms with Gasteiger partial charge in [0.15, 0.2) is 0 Å². The number of likely N-dealkylation sites (N-methyl/N-ethyl adjacent to an activating group) is 1. The number of pyridine rings is 1. The summed E-state index contributed by atoms with van der Waals surface area (Å²) in [5.41, 5.74) is 2.27. The molecule has 0 radical (unpaired) electrons. The molecule has 0 unspecified atom stereocenters. The first kappa shape index (κ1) is 12.0. The number of rotatable bonds is 4. The zero-order valence-corrected chi connectivity index (χ0v) is 10.3. The molecule has 0 bridgehead atoms. The Kier molecular flexibility index (Phi) is 3.74. The van der Waals surface area contributed by atoms with Gasteiger partial charge in [-0.3, -0.25) is 14.7 Å². The van der Waals surface area contributed by atoms with E-state index >= 15 is 0 Å². The van der Waals surface area contributed by atoms with Gasteiger partial charge in [-0.1, -0.05) is 0 Å². The number of hydrogen-bond acceptors (Lipinski definition) is 4. The molecule has 17 heavy (non-hydrogen) atoms. The molecule has 1 fully saturated rings. The van der Waals surface area contributed by atoms with Gasteiger partial charge in [-0.25, -0.2) is 0 Å². The Hall–Kier alpha value is -1.42. The standard InChI is InChI=1S/C13H18N2O2/c1-10-7-11(5-6-14-10)8-15(2)9-12-3-4-13(16)17-12/h5-7,12H,3-4,8-9H2,1-2H3/t12-/m1/s1. The molecule has 2 heterocycles. The van der Waals surface area contributed by atoms with Crippen molar-refractivity contribution in [2.45, 2.75) is 32.4 Å². The zero-order valence-electron chi connectivity index (χ0n) is 10.3. The van der Waals surface area contributed by atoms with Crippen LogP contribution in [-0.2, 0) is 16.1 Å². The third-order valence-corrected chi connectivity index (χ3v) is 2.90. The minimum absolute atomic E-state index is 0.0652. The summed E-state index contributed by atoms with van der Waals surface area (Å²) in [6.45, 7) is 3.65. The molecule has 0 saturated carbocycles. The maximum Gasteiger partial charge on any atom is 0.306 e. The Balaban J connectivity index is 1.84. The normalized spacial score (nSPS) is 19.7. The fraction of sp³-hybridized carbons (Fsp3) is 0.538. The minimum Gasteiger partial charge on any atom is -0.461 e. The van der Waals surface area contributed by atoms with Crippen LogP contribution in [0.4, 0.5) is 0 Å². The molecule has 0 aromatic carbocycles. The van der Waals surface area contributed by atoms with Crippen LogP contribution in [0.15, 0.2) is 18.3 Å². The van der Waals surface area contributed by atoms with Crippen molar-refractivity contribution in [3.05, 3.63) is 29.6 Å². The first-order chi connectivity index (χ1) is 8.13. The van der Waals surface area contributed by atoms with Crippen LogP contribution in [0.25, 0.3) is 0 Å². The van der Waals surface area contributed by atoms with E-state index < -0.39 is 0 Å². The Labute approximate surface area is 102 Å². The van der Waals surface area contributed by atoms with Crippen molar-refractivity contribution < 1.29 is 9.53 Å². The van der Waals surface area contributed by atoms with Crippen LogP contribution in [0.5, 0.6) is 0 Å². The van der Waals surface area contributed by atoms with Gasteiger partial charge in [0.2, 0.25) is 0 Å². The first-order valence-electron chi connectivity index (χ1n) is 5.93. The molecule has 4 heteroatoms. The van der Waals surface area contributed by atoms with Gasteiger partial charge in [-0.15, -0.1) is 0 Å². The molecule has 4 nitrogen and oxygen atoms in total. The molecule has 1 aromatic rings. The molecule has 1 aliphatic heterocycles. The molecule has 1 atom stereocenters. The smallest absolute Gasteiger partial charge is 0.306 e. The molecule has 2 rings (SSSR count). The Morgan fingerprint density at radius 1 is 1.59 bits per heavy atom. The lowest BCUT2D eigenvalue weighted by Crippen LogP contribution is -2.28. The monoisotopic (exact) mass is 234 g/mol. The van der Waals surface area contributed by atoms with Crippen LogP contribution in [0.2, 0.25) is 0 Å². The number of carbonyl (C=O) groups is 1. The average molecular weight is 234 g/mol. The van der Waals surface area contributed by atoms with Crippen molar-refractivity contribution in [1.82, 2.24) is 9.88 Å². The van der Waals surface area contributed by atoms with Gasteiger partial charge >= 0.3 is 5.97 Å². The maximum absolute atomic E-state index is 11.0. The van der Waals surface area contributed by atoms with E-state index in [-0.39, 0.29) is 12.1 Å². The lowest BCUT2D eigenvalue weighted by molar-refractivity contribution is -0.141. The number of aromatic nitrogens is 1. The summed E-state index contributed by atoms with van der Waals surface area (Å²) >= 11 is 0. The summed E-state index contributed by atoms with van der Waals surface area (Å²) in [5.74, 6) is -0.0665. The van der Waals surface area contributed by atoms with E-state index in [0.717, 1.165) is 25.2 Å². The highest BCUT2D eigenvalue weighted by Gasteiger charge is 2.24. The SMILES string of the molecule is Cc1cc(CN(C)C[C@H]2CCC(=O)O2)ccn1. The van der Waals surface area contributed by atoms with Crippen molar-refractivity contribution in [2.24, 2.45) is 0 Å². The number of ether oxygens (including phenoxy) is 1. The van der Waals surface area contributed by atoms with E-state index in [0.29, 0.717) is 6.42 Å². The van der Waals surface area contributed by atoms with Gasteiger partial charge in [0, 0.05) is 31.4 Å². The summed E-state index contributed by atoms with van der Waals surface area (Å²) in [6.07, 6.45) is 3.30. The Morgan fingerprint density at radius 3 is 3.06 bits per heavy atom. The van der Waals surface area contributed by atoms with Crippen molar-refractivity contribution in [3.63, 3.8) is 0 Å². The van der Waals surface area contributed by atoms with Gasteiger partial charge in [0.1, 0.15) is 6.10 Å². The lowest BCUT2D eigenvalue weighted by atomic mass is 10.2. The van der Waals surface area contributed by atoms with Gasteiger partial charge in [-0.05, 0) is 38.1 Å². The van der Waals surface area contributed by atoms with E-state index in [1.807, 2.05) is 26.2 Å². The van der Waals surface area contributed by atoms with Gasteiger partial charge in [0.05, 0.1) is 0 Å². The van der Waals surface area contributed by atoms with Crippen LogP contribution >= 0.6 is 0 Å². The third kappa shape index (κ3) is 3.53. The summed E-state index contributed by atoms with van der Waals surface area (Å²) < 4.78 is 5.20. The molecular weight excluding hydrogens is 216 g/mol. The second-order valence-corrected chi connectivity index (χ2v) is 4.65. The molecule has 0 aliphatic carbocycles. The van der Waals surface area contributed by atoms with E-state index in [9.17, 15) is 4.79 Å². The second kappa shape index (κ2) is 5.27. The highest BCUT2D eigenvalue weighted by atomic mass is 16.5. The molecular formula is C13H18N2O2. The predicted octanol–water partition coefficient (Wildman–Crippen LogP) is 1.53. The predicted molar refractivity (Wildman–Crippen MR) is 64.4 cm³/mol. The first-order valence-corrected chi connectivity index (χ1v) is 5.93. The topological polar surface area (TPSA) is 42.4 Å². The summed E-state index contributed by atoms with van der Waals surface area (Å²) in [4.78, 5) is 17.3. The van der Waals surface area contributed by atoms with Gasteiger partial charge < -0.3 is 4.74 Å². The Morgan fingerprint density at radius 2 is 2.41 bits per heavy atom. The minimum atomic E-state index is -0.0665. The zero-order chi connectivity index (χ0) is 12.3. The molecule has 92 valence electrons. The average Bonchev–Trinajstić information content (AvgIpc) is 2.63. The number of hydrogen-bond donors (Lipinski definition) is 0. The van der Waals surface area contributed by atoms with Crippen LogP contribution in [-0.4, -0.2) is 35.5 Å². The van der Waals surface area contributed by atoms with E-state index in [4.69, 9.17) is 4.74 Å². The molecule has 1 aromatic heterocycles. The van der Waals surface area contributed by atoms with E-state index in [1.54, 1.807) is 0 Å². The largest absolute Gasteiger partial charge is 0.461 e. The molecule has 0 spiro atoms. The van der Waals surface area contributed by atoms with Gasteiger partial charge in [0.25, 0.3) is 0 Å². The summed E-state index contributed by atoms with van der Waals surface area (Å²) in [5, 5.41) is 0. The summed E-state index contributed by atoms with van der Waals surface area (Å²) in [6, 6.07) is 4.10. The maximum atomic E-state index is 11.0. The van der Waals surface area contributed by atoms with E-state index in [1.165, 1.54) is 5.56 Å². The molecule has 1 saturated heterocycles. The number of esters is 1. The van der Waals surface area contributed by atoms with E-state index in [2.05, 4.69) is 16.0 Å². The number of cyclic esters (lactones) is 1. The summed E-state index contributed by atoms with van der Waals surface area (Å²) in [7, 11) is 2.04. The number of nitrogens with zero attached hydrogens (tertiary/aromatic N) is 2. The van der Waals surface area contributed by atoms with Crippen molar-refractivity contribution >= 4 is 5.97 Å². The van der Waals surface area contributed by atoms with Crippen molar-refractivity contribution in [2.75, 3.05) is 13.6 Å². The number of carbonyl (C=O) groups excluding carboxylic acids is 1. The van der Waals surface area contributed by atoms with Crippen LogP contribution in [0.3, 0.4) is 0 Å². The van der Waals surface area contributed by atoms with Crippen LogP contribution in [0, 0.1) is 6.92 Å². The molecule has 0 N–H and O–H groups in total. The third-order valence-electron chi connectivity index (χ3n) is 2.90. The highest BCUT2D eigenvalue weighted by Crippen LogP contribution is 2.15. The molecule has 1 aliphatic rings. The van der Waals surface area contributed by atoms with Crippen LogP contribution < -0.4 is 0 Å². The number of aryl methyl sites for hydroxylation is 1. The Bertz CT molecular complexity index is 406. The quantitative estimate of drug-likeness (QED) is 0.741. The van der Waals surface area contributed by atoms with Gasteiger partial charge in [-0.2, -0.15) is 0 Å². The lowest BCUT2D eigenvalue weighted by Gasteiger charge is -2.20. The molecule has 0 amide bonds. The second-order valence-electron chi connectivity index (χ2n) is 4.65. The highest BCUT2D eigenvalue weighted by molar-refractivity contribution is 5.71.